The zero-order valence-corrected chi connectivity index (χ0v) is 17.4. The first-order chi connectivity index (χ1) is 13.3. The zero-order chi connectivity index (χ0) is 20.6. The number of hydrogen-bond donors (Lipinski definition) is 1. The van der Waals surface area contributed by atoms with Crippen LogP contribution in [0.4, 0.5) is 10.1 Å². The smallest absolute Gasteiger partial charge is 0.240 e. The zero-order valence-electron chi connectivity index (χ0n) is 15.7. The third kappa shape index (κ3) is 6.72. The summed E-state index contributed by atoms with van der Waals surface area (Å²) in [5.41, 5.74) is 0.994. The number of carbonyl (C=O) groups is 1. The molecule has 2 rings (SSSR count). The standard InChI is InChI=1S/C19H23FN2O4S2/c1-26-17-9-7-16(8-10-17)22(28(2,24)25)13-19(23)21-11-12-27-14-15-5-3-4-6-18(15)20/h3-10H,11-14H2,1-2H3,(H,21,23). The first-order valence-corrected chi connectivity index (χ1v) is 11.5. The summed E-state index contributed by atoms with van der Waals surface area (Å²) in [5.74, 6) is 1.02. The van der Waals surface area contributed by atoms with Crippen LogP contribution in [0.5, 0.6) is 5.75 Å². The lowest BCUT2D eigenvalue weighted by Gasteiger charge is -2.22. The van der Waals surface area contributed by atoms with Crippen molar-refractivity contribution < 1.29 is 22.3 Å². The van der Waals surface area contributed by atoms with Gasteiger partial charge >= 0.3 is 0 Å². The molecule has 2 aromatic carbocycles. The van der Waals surface area contributed by atoms with E-state index in [2.05, 4.69) is 5.32 Å². The summed E-state index contributed by atoms with van der Waals surface area (Å²) in [5, 5.41) is 2.69. The third-order valence-electron chi connectivity index (χ3n) is 3.83. The fourth-order valence-electron chi connectivity index (χ4n) is 2.40. The molecule has 152 valence electrons. The number of nitrogens with zero attached hydrogens (tertiary/aromatic N) is 1. The van der Waals surface area contributed by atoms with Crippen LogP contribution in [-0.2, 0) is 20.6 Å². The van der Waals surface area contributed by atoms with Crippen LogP contribution in [0.25, 0.3) is 0 Å². The largest absolute Gasteiger partial charge is 0.497 e. The number of nitrogens with one attached hydrogen (secondary N) is 1. The Bertz CT molecular complexity index is 889. The molecule has 9 heteroatoms. The Balaban J connectivity index is 1.84. The van der Waals surface area contributed by atoms with Crippen molar-refractivity contribution in [1.82, 2.24) is 5.32 Å². The maximum atomic E-state index is 13.5. The van der Waals surface area contributed by atoms with E-state index >= 15 is 0 Å². The molecule has 0 fully saturated rings. The van der Waals surface area contributed by atoms with E-state index in [1.807, 2.05) is 0 Å². The Labute approximate surface area is 169 Å². The fraction of sp³-hybridized carbons (Fsp3) is 0.316. The highest BCUT2D eigenvalue weighted by molar-refractivity contribution is 7.98. The molecule has 0 radical (unpaired) electrons. The van der Waals surface area contributed by atoms with Gasteiger partial charge in [0.2, 0.25) is 15.9 Å². The first kappa shape index (κ1) is 22.0. The van der Waals surface area contributed by atoms with Gasteiger partial charge in [0.15, 0.2) is 0 Å². The van der Waals surface area contributed by atoms with Crippen LogP contribution in [0, 0.1) is 5.82 Å². The lowest BCUT2D eigenvalue weighted by atomic mass is 10.2. The normalized spacial score (nSPS) is 11.1. The molecule has 0 aliphatic carbocycles. The van der Waals surface area contributed by atoms with Crippen molar-refractivity contribution in [3.05, 3.63) is 59.9 Å². The number of methoxy groups -OCH3 is 1. The number of ether oxygens (including phenoxy) is 1. The van der Waals surface area contributed by atoms with Gasteiger partial charge in [0.1, 0.15) is 18.1 Å². The second-order valence-corrected chi connectivity index (χ2v) is 8.97. The summed E-state index contributed by atoms with van der Waals surface area (Å²) in [4.78, 5) is 12.2. The molecule has 0 aliphatic rings. The Kier molecular flexibility index (Phi) is 8.13. The summed E-state index contributed by atoms with van der Waals surface area (Å²) in [6.07, 6.45) is 1.05. The molecule has 1 N–H and O–H groups in total. The molecule has 0 aromatic heterocycles. The lowest BCUT2D eigenvalue weighted by Crippen LogP contribution is -2.41. The van der Waals surface area contributed by atoms with E-state index in [4.69, 9.17) is 4.74 Å². The van der Waals surface area contributed by atoms with Gasteiger partial charge < -0.3 is 10.1 Å². The second-order valence-electron chi connectivity index (χ2n) is 5.96. The molecule has 0 saturated heterocycles. The van der Waals surface area contributed by atoms with Gasteiger partial charge in [0.25, 0.3) is 0 Å². The molecule has 0 aliphatic heterocycles. The van der Waals surface area contributed by atoms with Gasteiger partial charge in [-0.1, -0.05) is 18.2 Å². The summed E-state index contributed by atoms with van der Waals surface area (Å²) in [6.45, 7) is 0.0430. The van der Waals surface area contributed by atoms with Crippen LogP contribution in [0.2, 0.25) is 0 Å². The number of sulfonamides is 1. The van der Waals surface area contributed by atoms with Crippen LogP contribution in [0.1, 0.15) is 5.56 Å². The monoisotopic (exact) mass is 426 g/mol. The van der Waals surface area contributed by atoms with Gasteiger partial charge in [0, 0.05) is 18.1 Å². The maximum absolute atomic E-state index is 13.5. The van der Waals surface area contributed by atoms with Crippen molar-refractivity contribution in [1.29, 1.82) is 0 Å². The van der Waals surface area contributed by atoms with Crippen LogP contribution in [0.3, 0.4) is 0 Å². The number of rotatable bonds is 10. The average Bonchev–Trinajstić information content (AvgIpc) is 2.66. The molecule has 2 aromatic rings. The van der Waals surface area contributed by atoms with Crippen molar-refractivity contribution in [2.24, 2.45) is 0 Å². The number of anilines is 1. The summed E-state index contributed by atoms with van der Waals surface area (Å²) in [7, 11) is -2.11. The fourth-order valence-corrected chi connectivity index (χ4v) is 4.10. The third-order valence-corrected chi connectivity index (χ3v) is 5.98. The quantitative estimate of drug-likeness (QED) is 0.591. The Morgan fingerprint density at radius 1 is 1.18 bits per heavy atom. The SMILES string of the molecule is COc1ccc(N(CC(=O)NCCSCc2ccccc2F)S(C)(=O)=O)cc1. The minimum absolute atomic E-state index is 0.248. The molecule has 0 unspecified atom stereocenters. The number of hydrogen-bond acceptors (Lipinski definition) is 5. The number of benzene rings is 2. The summed E-state index contributed by atoms with van der Waals surface area (Å²) < 4.78 is 43.8. The van der Waals surface area contributed by atoms with E-state index in [0.717, 1.165) is 10.6 Å². The second kappa shape index (κ2) is 10.3. The van der Waals surface area contributed by atoms with Gasteiger partial charge in [-0.3, -0.25) is 9.10 Å². The highest BCUT2D eigenvalue weighted by Crippen LogP contribution is 2.21. The molecular formula is C19H23FN2O4S2. The van der Waals surface area contributed by atoms with Crippen LogP contribution < -0.4 is 14.4 Å². The molecule has 0 saturated carbocycles. The topological polar surface area (TPSA) is 75.7 Å². The predicted molar refractivity (Wildman–Crippen MR) is 111 cm³/mol. The molecule has 0 heterocycles. The maximum Gasteiger partial charge on any atom is 0.240 e. The summed E-state index contributed by atoms with van der Waals surface area (Å²) >= 11 is 1.49. The lowest BCUT2D eigenvalue weighted by molar-refractivity contribution is -0.119. The van der Waals surface area contributed by atoms with E-state index in [1.165, 1.54) is 24.9 Å². The minimum Gasteiger partial charge on any atom is -0.497 e. The van der Waals surface area contributed by atoms with Gasteiger partial charge in [-0.15, -0.1) is 0 Å². The van der Waals surface area contributed by atoms with Crippen LogP contribution in [-0.4, -0.2) is 46.5 Å². The van der Waals surface area contributed by atoms with Crippen LogP contribution >= 0.6 is 11.8 Å². The highest BCUT2D eigenvalue weighted by atomic mass is 32.2. The Morgan fingerprint density at radius 2 is 1.86 bits per heavy atom. The van der Waals surface area contributed by atoms with Gasteiger partial charge in [-0.2, -0.15) is 11.8 Å². The van der Waals surface area contributed by atoms with E-state index in [0.29, 0.717) is 35.1 Å². The van der Waals surface area contributed by atoms with Crippen molar-refractivity contribution in [3.63, 3.8) is 0 Å². The molecule has 1 amide bonds. The van der Waals surface area contributed by atoms with Crippen molar-refractivity contribution in [2.45, 2.75) is 5.75 Å². The van der Waals surface area contributed by atoms with E-state index < -0.39 is 15.9 Å². The Morgan fingerprint density at radius 3 is 2.46 bits per heavy atom. The Hall–Kier alpha value is -2.26. The molecule has 0 bridgehead atoms. The number of carbonyl (C=O) groups excluding carboxylic acids is 1. The van der Waals surface area contributed by atoms with E-state index in [1.54, 1.807) is 42.5 Å². The van der Waals surface area contributed by atoms with Gasteiger partial charge in [-0.05, 0) is 35.9 Å². The van der Waals surface area contributed by atoms with Crippen LogP contribution in [0.15, 0.2) is 48.5 Å². The van der Waals surface area contributed by atoms with Gasteiger partial charge in [-0.25, -0.2) is 12.8 Å². The molecule has 0 spiro atoms. The van der Waals surface area contributed by atoms with E-state index in [9.17, 15) is 17.6 Å². The minimum atomic E-state index is -3.62. The number of halogens is 1. The van der Waals surface area contributed by atoms with Crippen molar-refractivity contribution in [2.75, 3.05) is 36.5 Å². The van der Waals surface area contributed by atoms with Gasteiger partial charge in [0.05, 0.1) is 19.1 Å². The van der Waals surface area contributed by atoms with Crippen molar-refractivity contribution in [3.8, 4) is 5.75 Å². The van der Waals surface area contributed by atoms with E-state index in [-0.39, 0.29) is 12.4 Å². The number of thioether (sulfide) groups is 1. The number of amides is 1. The van der Waals surface area contributed by atoms with Crippen molar-refractivity contribution >= 4 is 33.4 Å². The molecule has 28 heavy (non-hydrogen) atoms. The predicted octanol–water partition coefficient (Wildman–Crippen LogP) is 2.65. The highest BCUT2D eigenvalue weighted by Gasteiger charge is 2.20. The molecule has 6 nitrogen and oxygen atoms in total. The molecular weight excluding hydrogens is 403 g/mol. The summed E-state index contributed by atoms with van der Waals surface area (Å²) in [6, 6.07) is 13.0. The first-order valence-electron chi connectivity index (χ1n) is 8.51. The molecule has 0 atom stereocenters. The average molecular weight is 427 g/mol.